The highest BCUT2D eigenvalue weighted by Crippen LogP contribution is 2.11. The van der Waals surface area contributed by atoms with E-state index in [0.29, 0.717) is 0 Å². The molecule has 0 aliphatic heterocycles. The molecule has 0 saturated carbocycles. The lowest BCUT2D eigenvalue weighted by atomic mass is 10.2. The van der Waals surface area contributed by atoms with Gasteiger partial charge in [0, 0.05) is 55.2 Å². The zero-order valence-corrected chi connectivity index (χ0v) is 11.7. The summed E-state index contributed by atoms with van der Waals surface area (Å²) < 4.78 is 11.2. The summed E-state index contributed by atoms with van der Waals surface area (Å²) in [5.41, 5.74) is 2.47. The molecule has 0 aliphatic carbocycles. The second kappa shape index (κ2) is 7.45. The second-order valence-corrected chi connectivity index (χ2v) is 6.04. The van der Waals surface area contributed by atoms with Crippen molar-refractivity contribution in [3.63, 3.8) is 0 Å². The third-order valence-electron chi connectivity index (χ3n) is 2.61. The van der Waals surface area contributed by atoms with Crippen molar-refractivity contribution in [3.05, 3.63) is 29.8 Å². The summed E-state index contributed by atoms with van der Waals surface area (Å²) in [7, 11) is 3.41. The maximum atomic E-state index is 11.2. The maximum absolute atomic E-state index is 11.2. The molecule has 0 bridgehead atoms. The lowest BCUT2D eigenvalue weighted by Gasteiger charge is -2.12. The number of nitrogens with one attached hydrogen (secondary N) is 1. The quantitative estimate of drug-likeness (QED) is 0.750. The molecule has 96 valence electrons. The van der Waals surface area contributed by atoms with Crippen molar-refractivity contribution in [2.24, 2.45) is 0 Å². The van der Waals surface area contributed by atoms with Crippen molar-refractivity contribution >= 4 is 16.5 Å². The van der Waals surface area contributed by atoms with Crippen LogP contribution in [0.2, 0.25) is 0 Å². The second-order valence-electron chi connectivity index (χ2n) is 4.17. The molecular formula is C13H22N2OS. The first-order valence-electron chi connectivity index (χ1n) is 5.95. The molecule has 0 aliphatic rings. The summed E-state index contributed by atoms with van der Waals surface area (Å²) in [6.45, 7) is 3.61. The Morgan fingerprint density at radius 3 is 2.41 bits per heavy atom. The monoisotopic (exact) mass is 254 g/mol. The van der Waals surface area contributed by atoms with Crippen LogP contribution in [0.15, 0.2) is 24.3 Å². The maximum Gasteiger partial charge on any atom is 0.0361 e. The van der Waals surface area contributed by atoms with Gasteiger partial charge in [-0.15, -0.1) is 0 Å². The van der Waals surface area contributed by atoms with Gasteiger partial charge in [0.2, 0.25) is 0 Å². The van der Waals surface area contributed by atoms with Gasteiger partial charge in [-0.25, -0.2) is 0 Å². The number of nitrogens with zero attached hydrogens (tertiary/aromatic N) is 1. The Balaban J connectivity index is 2.30. The van der Waals surface area contributed by atoms with Crippen LogP contribution in [-0.4, -0.2) is 36.4 Å². The van der Waals surface area contributed by atoms with Crippen LogP contribution < -0.4 is 10.2 Å². The van der Waals surface area contributed by atoms with E-state index >= 15 is 0 Å². The van der Waals surface area contributed by atoms with Crippen LogP contribution in [0.1, 0.15) is 12.5 Å². The molecule has 1 atom stereocenters. The molecule has 0 fully saturated rings. The first-order valence-corrected chi connectivity index (χ1v) is 7.44. The Bertz CT molecular complexity index is 349. The first kappa shape index (κ1) is 14.2. The number of hydrogen-bond donors (Lipinski definition) is 1. The Morgan fingerprint density at radius 1 is 1.24 bits per heavy atom. The van der Waals surface area contributed by atoms with Crippen LogP contribution in [0.4, 0.5) is 5.69 Å². The molecule has 1 aromatic carbocycles. The summed E-state index contributed by atoms with van der Waals surface area (Å²) in [6, 6.07) is 8.47. The summed E-state index contributed by atoms with van der Waals surface area (Å²) in [5.74, 6) is 1.49. The lowest BCUT2D eigenvalue weighted by molar-refractivity contribution is 0.674. The van der Waals surface area contributed by atoms with Gasteiger partial charge in [0.05, 0.1) is 0 Å². The average Bonchev–Trinajstić information content (AvgIpc) is 2.34. The summed E-state index contributed by atoms with van der Waals surface area (Å²) >= 11 is 0. The number of benzene rings is 1. The number of rotatable bonds is 7. The Kier molecular flexibility index (Phi) is 6.22. The molecule has 1 aromatic rings. The molecule has 0 spiro atoms. The molecule has 0 amide bonds. The molecule has 17 heavy (non-hydrogen) atoms. The summed E-state index contributed by atoms with van der Waals surface area (Å²) in [6.07, 6.45) is 0. The average molecular weight is 254 g/mol. The predicted molar refractivity (Wildman–Crippen MR) is 76.0 cm³/mol. The molecule has 0 saturated heterocycles. The highest BCUT2D eigenvalue weighted by Gasteiger charge is 1.97. The SMILES string of the molecule is CCS(=O)CCNCc1ccc(N(C)C)cc1. The molecule has 0 radical (unpaired) electrons. The molecular weight excluding hydrogens is 232 g/mol. The van der Waals surface area contributed by atoms with E-state index in [9.17, 15) is 4.21 Å². The zero-order valence-electron chi connectivity index (χ0n) is 10.9. The highest BCUT2D eigenvalue weighted by atomic mass is 32.2. The third kappa shape index (κ3) is 5.33. The van der Waals surface area contributed by atoms with Gasteiger partial charge < -0.3 is 10.2 Å². The third-order valence-corrected chi connectivity index (χ3v) is 3.91. The minimum Gasteiger partial charge on any atom is -0.378 e. The fourth-order valence-electron chi connectivity index (χ4n) is 1.48. The molecule has 1 rings (SSSR count). The van der Waals surface area contributed by atoms with E-state index in [1.807, 2.05) is 21.0 Å². The van der Waals surface area contributed by atoms with E-state index in [2.05, 4.69) is 34.5 Å². The van der Waals surface area contributed by atoms with Gasteiger partial charge in [0.25, 0.3) is 0 Å². The summed E-state index contributed by atoms with van der Waals surface area (Å²) in [4.78, 5) is 2.08. The normalized spacial score (nSPS) is 12.4. The van der Waals surface area contributed by atoms with E-state index in [1.54, 1.807) is 0 Å². The van der Waals surface area contributed by atoms with Gasteiger partial charge in [-0.05, 0) is 17.7 Å². The van der Waals surface area contributed by atoms with Gasteiger partial charge in [-0.3, -0.25) is 4.21 Å². The fraction of sp³-hybridized carbons (Fsp3) is 0.538. The molecule has 3 nitrogen and oxygen atoms in total. The molecule has 4 heteroatoms. The Hall–Kier alpha value is -0.870. The predicted octanol–water partition coefficient (Wildman–Crippen LogP) is 1.61. The van der Waals surface area contributed by atoms with Crippen molar-refractivity contribution in [1.29, 1.82) is 0 Å². The van der Waals surface area contributed by atoms with Crippen LogP contribution in [0.25, 0.3) is 0 Å². The van der Waals surface area contributed by atoms with Gasteiger partial charge in [0.1, 0.15) is 0 Å². The smallest absolute Gasteiger partial charge is 0.0361 e. The Labute approximate surface area is 107 Å². The van der Waals surface area contributed by atoms with E-state index in [1.165, 1.54) is 11.3 Å². The largest absolute Gasteiger partial charge is 0.378 e. The van der Waals surface area contributed by atoms with Crippen LogP contribution in [0, 0.1) is 0 Å². The van der Waals surface area contributed by atoms with Crippen LogP contribution in [-0.2, 0) is 17.3 Å². The minimum atomic E-state index is -0.664. The first-order chi connectivity index (χ1) is 8.13. The number of hydrogen-bond acceptors (Lipinski definition) is 3. The van der Waals surface area contributed by atoms with Crippen molar-refractivity contribution < 1.29 is 4.21 Å². The van der Waals surface area contributed by atoms with E-state index < -0.39 is 10.8 Å². The van der Waals surface area contributed by atoms with Gasteiger partial charge >= 0.3 is 0 Å². The standard InChI is InChI=1S/C13H22N2OS/c1-4-17(16)10-9-14-11-12-5-7-13(8-6-12)15(2)3/h5-8,14H,4,9-11H2,1-3H3. The van der Waals surface area contributed by atoms with E-state index in [-0.39, 0.29) is 0 Å². The van der Waals surface area contributed by atoms with Crippen molar-refractivity contribution in [3.8, 4) is 0 Å². The van der Waals surface area contributed by atoms with Crippen molar-refractivity contribution in [2.75, 3.05) is 37.0 Å². The van der Waals surface area contributed by atoms with Crippen LogP contribution >= 0.6 is 0 Å². The van der Waals surface area contributed by atoms with Crippen LogP contribution in [0.3, 0.4) is 0 Å². The Morgan fingerprint density at radius 2 is 1.88 bits per heavy atom. The zero-order chi connectivity index (χ0) is 12.7. The fourth-order valence-corrected chi connectivity index (χ4v) is 2.14. The van der Waals surface area contributed by atoms with Gasteiger partial charge in [0.15, 0.2) is 0 Å². The minimum absolute atomic E-state index is 0.664. The number of anilines is 1. The van der Waals surface area contributed by atoms with Gasteiger partial charge in [-0.2, -0.15) is 0 Å². The molecule has 0 heterocycles. The highest BCUT2D eigenvalue weighted by molar-refractivity contribution is 7.84. The van der Waals surface area contributed by atoms with Crippen molar-refractivity contribution in [1.82, 2.24) is 5.32 Å². The van der Waals surface area contributed by atoms with Gasteiger partial charge in [-0.1, -0.05) is 19.1 Å². The molecule has 1 unspecified atom stereocenters. The molecule has 0 aromatic heterocycles. The van der Waals surface area contributed by atoms with Crippen molar-refractivity contribution in [2.45, 2.75) is 13.5 Å². The summed E-state index contributed by atoms with van der Waals surface area (Å²) in [5, 5.41) is 3.31. The van der Waals surface area contributed by atoms with E-state index in [0.717, 1.165) is 24.6 Å². The lowest BCUT2D eigenvalue weighted by Crippen LogP contribution is -2.20. The van der Waals surface area contributed by atoms with Crippen LogP contribution in [0.5, 0.6) is 0 Å². The van der Waals surface area contributed by atoms with E-state index in [4.69, 9.17) is 0 Å². The topological polar surface area (TPSA) is 32.3 Å². The molecule has 1 N–H and O–H groups in total.